The number of ether oxygens (including phenoxy) is 1. The van der Waals surface area contributed by atoms with Crippen LogP contribution in [0.15, 0.2) is 12.3 Å². The molecule has 0 aromatic heterocycles. The van der Waals surface area contributed by atoms with Crippen LogP contribution in [0.5, 0.6) is 0 Å². The van der Waals surface area contributed by atoms with Crippen molar-refractivity contribution in [2.24, 2.45) is 0 Å². The number of carbonyl (C=O) groups excluding carboxylic acids is 1. The molecule has 0 fully saturated rings. The highest BCUT2D eigenvalue weighted by atomic mass is 16.6. The van der Waals surface area contributed by atoms with Crippen LogP contribution < -0.4 is 0 Å². The predicted molar refractivity (Wildman–Crippen MR) is 33.2 cm³/mol. The molecule has 0 aliphatic carbocycles. The minimum absolute atomic E-state index is 0.145. The van der Waals surface area contributed by atoms with Crippen molar-refractivity contribution in [3.63, 3.8) is 0 Å². The molecule has 0 heterocycles. The summed E-state index contributed by atoms with van der Waals surface area (Å²) in [6, 6.07) is 0. The Morgan fingerprint density at radius 1 is 1.60 bits per heavy atom. The van der Waals surface area contributed by atoms with Gasteiger partial charge in [-0.15, -0.1) is 0 Å². The Hall–Kier alpha value is -1.32. The Bertz CT molecular complexity index is 171. The lowest BCUT2D eigenvalue weighted by atomic mass is 10.5. The smallest absolute Gasteiger partial charge is 0.371 e. The second kappa shape index (κ2) is 3.66. The molecule has 4 heteroatoms. The van der Waals surface area contributed by atoms with Crippen molar-refractivity contribution in [2.75, 3.05) is 0 Å². The van der Waals surface area contributed by atoms with E-state index in [9.17, 15) is 9.59 Å². The Morgan fingerprint density at radius 3 is 2.40 bits per heavy atom. The van der Waals surface area contributed by atoms with Crippen molar-refractivity contribution in [2.45, 2.75) is 13.3 Å². The van der Waals surface area contributed by atoms with Gasteiger partial charge in [-0.25, -0.2) is 4.79 Å². The second-order valence-electron chi connectivity index (χ2n) is 1.56. The van der Waals surface area contributed by atoms with E-state index in [0.717, 1.165) is 0 Å². The number of carboxylic acids is 1. The van der Waals surface area contributed by atoms with Gasteiger partial charge in [-0.3, -0.25) is 4.79 Å². The van der Waals surface area contributed by atoms with E-state index in [1.165, 1.54) is 0 Å². The van der Waals surface area contributed by atoms with E-state index in [1.807, 2.05) is 0 Å². The van der Waals surface area contributed by atoms with Crippen molar-refractivity contribution in [1.82, 2.24) is 0 Å². The maximum Gasteiger partial charge on any atom is 0.371 e. The zero-order chi connectivity index (χ0) is 8.15. The summed E-state index contributed by atoms with van der Waals surface area (Å²) in [4.78, 5) is 20.4. The Morgan fingerprint density at radius 2 is 2.10 bits per heavy atom. The van der Waals surface area contributed by atoms with Crippen LogP contribution in [-0.4, -0.2) is 17.0 Å². The third-order valence-electron chi connectivity index (χ3n) is 0.764. The Balaban J connectivity index is 3.80. The quantitative estimate of drug-likeness (QED) is 0.356. The summed E-state index contributed by atoms with van der Waals surface area (Å²) in [6.07, 6.45) is 0.145. The average molecular weight is 144 g/mol. The molecule has 10 heavy (non-hydrogen) atoms. The lowest BCUT2D eigenvalue weighted by Gasteiger charge is -1.98. The van der Waals surface area contributed by atoms with Crippen molar-refractivity contribution in [1.29, 1.82) is 0 Å². The fourth-order valence-corrected chi connectivity index (χ4v) is 0.253. The molecule has 1 N–H and O–H groups in total. The molecule has 0 saturated heterocycles. The van der Waals surface area contributed by atoms with Crippen LogP contribution in [0, 0.1) is 0 Å². The van der Waals surface area contributed by atoms with Crippen molar-refractivity contribution in [3.05, 3.63) is 12.3 Å². The maximum absolute atomic E-state index is 10.4. The van der Waals surface area contributed by atoms with E-state index >= 15 is 0 Å². The standard InChI is InChI=1S/C6H8O4/c1-3-5(7)10-4(2)6(8)9/h2-3H2,1H3,(H,8,9). The van der Waals surface area contributed by atoms with E-state index in [4.69, 9.17) is 5.11 Å². The van der Waals surface area contributed by atoms with Crippen molar-refractivity contribution >= 4 is 11.9 Å². The molecule has 0 aromatic carbocycles. The van der Waals surface area contributed by atoms with Gasteiger partial charge < -0.3 is 9.84 Å². The molecule has 0 bridgehead atoms. The van der Waals surface area contributed by atoms with E-state index in [2.05, 4.69) is 11.3 Å². The minimum atomic E-state index is -1.32. The van der Waals surface area contributed by atoms with Gasteiger partial charge in [0.1, 0.15) is 0 Å². The topological polar surface area (TPSA) is 63.6 Å². The van der Waals surface area contributed by atoms with Crippen molar-refractivity contribution in [3.8, 4) is 0 Å². The van der Waals surface area contributed by atoms with E-state index in [0.29, 0.717) is 0 Å². The molecule has 0 aliphatic heterocycles. The van der Waals surface area contributed by atoms with Gasteiger partial charge in [0, 0.05) is 6.42 Å². The fraction of sp³-hybridized carbons (Fsp3) is 0.333. The number of hydrogen-bond donors (Lipinski definition) is 1. The van der Waals surface area contributed by atoms with Gasteiger partial charge >= 0.3 is 11.9 Å². The van der Waals surface area contributed by atoms with E-state index in [1.54, 1.807) is 6.92 Å². The SMILES string of the molecule is C=C(OC(=O)CC)C(=O)O. The number of aliphatic carboxylic acids is 1. The third kappa shape index (κ3) is 2.86. The first-order valence-corrected chi connectivity index (χ1v) is 2.70. The molecule has 0 saturated carbocycles. The van der Waals surface area contributed by atoms with Gasteiger partial charge in [0.2, 0.25) is 5.76 Å². The minimum Gasteiger partial charge on any atom is -0.475 e. The van der Waals surface area contributed by atoms with Crippen LogP contribution in [-0.2, 0) is 14.3 Å². The van der Waals surface area contributed by atoms with Gasteiger partial charge in [0.25, 0.3) is 0 Å². The van der Waals surface area contributed by atoms with Crippen LogP contribution in [0.25, 0.3) is 0 Å². The summed E-state index contributed by atoms with van der Waals surface area (Å²) in [5, 5.41) is 8.15. The number of hydrogen-bond acceptors (Lipinski definition) is 3. The fourth-order valence-electron chi connectivity index (χ4n) is 0.253. The number of carboxylic acid groups (broad SMARTS) is 1. The molecular weight excluding hydrogens is 136 g/mol. The number of rotatable bonds is 3. The number of carbonyl (C=O) groups is 2. The van der Waals surface area contributed by atoms with Crippen molar-refractivity contribution < 1.29 is 19.4 Å². The summed E-state index contributed by atoms with van der Waals surface area (Å²) in [6.45, 7) is 4.57. The van der Waals surface area contributed by atoms with Gasteiger partial charge in [0.05, 0.1) is 0 Å². The normalized spacial score (nSPS) is 8.50. The lowest BCUT2D eigenvalue weighted by Crippen LogP contribution is -2.08. The van der Waals surface area contributed by atoms with Crippen LogP contribution in [0.1, 0.15) is 13.3 Å². The molecule has 0 amide bonds. The van der Waals surface area contributed by atoms with Gasteiger partial charge in [-0.05, 0) is 6.58 Å². The van der Waals surface area contributed by atoms with E-state index in [-0.39, 0.29) is 6.42 Å². The first kappa shape index (κ1) is 8.68. The largest absolute Gasteiger partial charge is 0.475 e. The molecule has 0 aliphatic rings. The molecule has 0 unspecified atom stereocenters. The highest BCUT2D eigenvalue weighted by Crippen LogP contribution is 1.95. The van der Waals surface area contributed by atoms with Crippen LogP contribution >= 0.6 is 0 Å². The zero-order valence-corrected chi connectivity index (χ0v) is 5.59. The Kier molecular flexibility index (Phi) is 3.17. The molecule has 4 nitrogen and oxygen atoms in total. The van der Waals surface area contributed by atoms with Crippen LogP contribution in [0.4, 0.5) is 0 Å². The number of esters is 1. The summed E-state index contributed by atoms with van der Waals surface area (Å²) >= 11 is 0. The molecule has 0 atom stereocenters. The molecular formula is C6H8O4. The van der Waals surface area contributed by atoms with Gasteiger partial charge in [-0.2, -0.15) is 0 Å². The lowest BCUT2D eigenvalue weighted by molar-refractivity contribution is -0.147. The molecule has 56 valence electrons. The monoisotopic (exact) mass is 144 g/mol. The van der Waals surface area contributed by atoms with Gasteiger partial charge in [-0.1, -0.05) is 6.92 Å². The third-order valence-corrected chi connectivity index (χ3v) is 0.764. The molecule has 0 radical (unpaired) electrons. The summed E-state index contributed by atoms with van der Waals surface area (Å²) in [7, 11) is 0. The summed E-state index contributed by atoms with van der Waals surface area (Å²) in [5.41, 5.74) is 0. The highest BCUT2D eigenvalue weighted by Gasteiger charge is 2.08. The molecule has 0 spiro atoms. The zero-order valence-electron chi connectivity index (χ0n) is 5.59. The van der Waals surface area contributed by atoms with E-state index < -0.39 is 17.7 Å². The highest BCUT2D eigenvalue weighted by molar-refractivity contribution is 5.87. The molecule has 0 rings (SSSR count). The first-order valence-electron chi connectivity index (χ1n) is 2.70. The average Bonchev–Trinajstić information content (AvgIpc) is 1.87. The van der Waals surface area contributed by atoms with Crippen LogP contribution in [0.2, 0.25) is 0 Å². The second-order valence-corrected chi connectivity index (χ2v) is 1.56. The first-order chi connectivity index (χ1) is 4.57. The van der Waals surface area contributed by atoms with Gasteiger partial charge in [0.15, 0.2) is 0 Å². The summed E-state index contributed by atoms with van der Waals surface area (Å²) < 4.78 is 4.23. The Labute approximate surface area is 58.1 Å². The molecule has 0 aromatic rings. The summed E-state index contributed by atoms with van der Waals surface area (Å²) in [5.74, 6) is -2.44. The predicted octanol–water partition coefficient (Wildman–Crippen LogP) is 0.538. The van der Waals surface area contributed by atoms with Crippen LogP contribution in [0.3, 0.4) is 0 Å². The maximum atomic E-state index is 10.4.